The largest absolute Gasteiger partial charge is 0.492 e. The second-order valence-electron chi connectivity index (χ2n) is 14.0. The van der Waals surface area contributed by atoms with Crippen molar-refractivity contribution in [2.75, 3.05) is 126 Å². The van der Waals surface area contributed by atoms with Crippen molar-refractivity contribution in [3.05, 3.63) is 65.7 Å². The van der Waals surface area contributed by atoms with Gasteiger partial charge in [-0.1, -0.05) is 42.5 Å². The quantitative estimate of drug-likeness (QED) is 0.0653. The number of aryl methyl sites for hydroxylation is 1. The number of ether oxygens (including phenoxy) is 2. The molecular formula is C42H76N8O3. The standard InChI is InChI=1S/C42H76N8O3/c1-43-23-10-28-48(29-11-24-44-2)32-14-34-50(35-15-33-49(30-12-25-45-3)31-13-26-46-4)36-37-52-41-21-19-39(20-22-41)16-8-9-27-47-42(51)53-38-40-17-6-5-7-18-40/h5-7,17-22,43-46H,8-16,23-38H2,1-4H3,(H,47,51). The third-order valence-electron chi connectivity index (χ3n) is 9.48. The van der Waals surface area contributed by atoms with Gasteiger partial charge in [0.25, 0.3) is 0 Å². The number of rotatable bonds is 35. The molecule has 0 fully saturated rings. The van der Waals surface area contributed by atoms with Crippen LogP contribution in [-0.2, 0) is 17.8 Å². The molecule has 53 heavy (non-hydrogen) atoms. The molecule has 5 N–H and O–H groups in total. The van der Waals surface area contributed by atoms with Crippen LogP contribution in [-0.4, -0.2) is 147 Å². The molecule has 11 heteroatoms. The van der Waals surface area contributed by atoms with Crippen molar-refractivity contribution in [1.29, 1.82) is 0 Å². The maximum Gasteiger partial charge on any atom is 0.407 e. The summed E-state index contributed by atoms with van der Waals surface area (Å²) in [5.74, 6) is 0.928. The highest BCUT2D eigenvalue weighted by atomic mass is 16.5. The van der Waals surface area contributed by atoms with E-state index in [4.69, 9.17) is 9.47 Å². The van der Waals surface area contributed by atoms with Crippen LogP contribution in [0.4, 0.5) is 4.79 Å². The summed E-state index contributed by atoms with van der Waals surface area (Å²) in [4.78, 5) is 19.9. The molecule has 0 unspecified atom stereocenters. The zero-order chi connectivity index (χ0) is 38.0. The van der Waals surface area contributed by atoms with Crippen molar-refractivity contribution in [1.82, 2.24) is 41.3 Å². The van der Waals surface area contributed by atoms with Gasteiger partial charge < -0.3 is 45.9 Å². The van der Waals surface area contributed by atoms with Gasteiger partial charge in [0, 0.05) is 13.1 Å². The van der Waals surface area contributed by atoms with E-state index in [-0.39, 0.29) is 6.09 Å². The molecule has 0 aromatic heterocycles. The van der Waals surface area contributed by atoms with Gasteiger partial charge in [-0.3, -0.25) is 4.90 Å². The molecule has 1 amide bonds. The lowest BCUT2D eigenvalue weighted by Crippen LogP contribution is -2.37. The van der Waals surface area contributed by atoms with Crippen LogP contribution >= 0.6 is 0 Å². The van der Waals surface area contributed by atoms with E-state index < -0.39 is 0 Å². The van der Waals surface area contributed by atoms with E-state index in [2.05, 4.69) is 65.5 Å². The van der Waals surface area contributed by atoms with Gasteiger partial charge in [0.15, 0.2) is 0 Å². The molecule has 0 bridgehead atoms. The summed E-state index contributed by atoms with van der Waals surface area (Å²) in [6.45, 7) is 15.9. The zero-order valence-electron chi connectivity index (χ0n) is 33.9. The molecule has 0 atom stereocenters. The van der Waals surface area contributed by atoms with Gasteiger partial charge in [0.05, 0.1) is 0 Å². The Kier molecular flexibility index (Phi) is 28.6. The molecule has 0 radical (unpaired) electrons. The Morgan fingerprint density at radius 3 is 1.47 bits per heavy atom. The van der Waals surface area contributed by atoms with Crippen molar-refractivity contribution >= 4 is 6.09 Å². The van der Waals surface area contributed by atoms with E-state index in [1.807, 2.05) is 58.5 Å². The highest BCUT2D eigenvalue weighted by Gasteiger charge is 2.11. The average molecular weight is 741 g/mol. The normalized spacial score (nSPS) is 11.5. The van der Waals surface area contributed by atoms with Crippen molar-refractivity contribution in [2.24, 2.45) is 0 Å². The number of nitrogens with zero attached hydrogens (tertiary/aromatic N) is 3. The van der Waals surface area contributed by atoms with Gasteiger partial charge in [0.1, 0.15) is 19.0 Å². The number of alkyl carbamates (subject to hydrolysis) is 1. The summed E-state index contributed by atoms with van der Waals surface area (Å²) in [6, 6.07) is 18.3. The minimum Gasteiger partial charge on any atom is -0.492 e. The van der Waals surface area contributed by atoms with Gasteiger partial charge in [-0.2, -0.15) is 0 Å². The molecular weight excluding hydrogens is 665 g/mol. The highest BCUT2D eigenvalue weighted by Crippen LogP contribution is 2.14. The average Bonchev–Trinajstić information content (AvgIpc) is 3.17. The molecule has 0 saturated carbocycles. The second kappa shape index (κ2) is 32.6. The molecule has 2 rings (SSSR count). The molecule has 0 heterocycles. The Morgan fingerprint density at radius 2 is 0.981 bits per heavy atom. The fourth-order valence-electron chi connectivity index (χ4n) is 6.42. The molecule has 2 aromatic rings. The molecule has 302 valence electrons. The molecule has 0 spiro atoms. The zero-order valence-corrected chi connectivity index (χ0v) is 33.9. The summed E-state index contributed by atoms with van der Waals surface area (Å²) >= 11 is 0. The second-order valence-corrected chi connectivity index (χ2v) is 14.0. The third kappa shape index (κ3) is 25.0. The maximum atomic E-state index is 12.0. The molecule has 0 saturated heterocycles. The van der Waals surface area contributed by atoms with Crippen molar-refractivity contribution in [3.63, 3.8) is 0 Å². The number of unbranched alkanes of at least 4 members (excludes halogenated alkanes) is 1. The van der Waals surface area contributed by atoms with Crippen molar-refractivity contribution in [3.8, 4) is 5.75 Å². The number of carbonyl (C=O) groups excluding carboxylic acids is 1. The monoisotopic (exact) mass is 741 g/mol. The van der Waals surface area contributed by atoms with Crippen LogP contribution in [0.3, 0.4) is 0 Å². The van der Waals surface area contributed by atoms with Gasteiger partial charge in [0.2, 0.25) is 0 Å². The van der Waals surface area contributed by atoms with Crippen LogP contribution < -0.4 is 31.3 Å². The number of hydrogen-bond donors (Lipinski definition) is 5. The molecule has 0 aliphatic heterocycles. The minimum atomic E-state index is -0.362. The Labute approximate surface area is 323 Å². The summed E-state index contributed by atoms with van der Waals surface area (Å²) in [6.07, 6.45) is 9.60. The molecule has 0 aliphatic carbocycles. The van der Waals surface area contributed by atoms with Crippen LogP contribution in [0.25, 0.3) is 0 Å². The van der Waals surface area contributed by atoms with E-state index in [1.54, 1.807) is 0 Å². The first-order chi connectivity index (χ1) is 26.1. The number of amides is 1. The fraction of sp³-hybridized carbons (Fsp3) is 0.690. The number of hydrogen-bond acceptors (Lipinski definition) is 10. The number of carbonyl (C=O) groups is 1. The maximum absolute atomic E-state index is 12.0. The fourth-order valence-corrected chi connectivity index (χ4v) is 6.42. The SMILES string of the molecule is CNCCCN(CCCNC)CCCN(CCCN(CCCNC)CCCNC)CCOc1ccc(CCCCNC(=O)OCc2ccccc2)cc1. The lowest BCUT2D eigenvalue weighted by atomic mass is 10.1. The summed E-state index contributed by atoms with van der Waals surface area (Å²) in [5.41, 5.74) is 2.27. The van der Waals surface area contributed by atoms with E-state index in [1.165, 1.54) is 44.1 Å². The number of nitrogens with one attached hydrogen (secondary N) is 5. The first-order valence-electron chi connectivity index (χ1n) is 20.5. The lowest BCUT2D eigenvalue weighted by Gasteiger charge is -2.27. The predicted molar refractivity (Wildman–Crippen MR) is 222 cm³/mol. The summed E-state index contributed by atoms with van der Waals surface area (Å²) in [7, 11) is 8.16. The third-order valence-corrected chi connectivity index (χ3v) is 9.48. The number of benzene rings is 2. The first kappa shape index (κ1) is 46.4. The molecule has 2 aromatic carbocycles. The van der Waals surface area contributed by atoms with Gasteiger partial charge in [-0.15, -0.1) is 0 Å². The Morgan fingerprint density at radius 1 is 0.509 bits per heavy atom. The summed E-state index contributed by atoms with van der Waals surface area (Å²) < 4.78 is 11.6. The van der Waals surface area contributed by atoms with Crippen LogP contribution in [0.1, 0.15) is 62.5 Å². The smallest absolute Gasteiger partial charge is 0.407 e. The van der Waals surface area contributed by atoms with Crippen molar-refractivity contribution < 1.29 is 14.3 Å². The van der Waals surface area contributed by atoms with Crippen molar-refractivity contribution in [2.45, 2.75) is 64.4 Å². The van der Waals surface area contributed by atoms with Gasteiger partial charge in [-0.05, 0) is 188 Å². The van der Waals surface area contributed by atoms with Gasteiger partial charge in [-0.25, -0.2) is 4.79 Å². The Balaban J connectivity index is 1.80. The van der Waals surface area contributed by atoms with Crippen LogP contribution in [0.2, 0.25) is 0 Å². The first-order valence-corrected chi connectivity index (χ1v) is 20.5. The molecule has 11 nitrogen and oxygen atoms in total. The minimum absolute atomic E-state index is 0.292. The Bertz CT molecular complexity index is 1060. The van der Waals surface area contributed by atoms with Crippen LogP contribution in [0.5, 0.6) is 5.75 Å². The van der Waals surface area contributed by atoms with Gasteiger partial charge >= 0.3 is 6.09 Å². The lowest BCUT2D eigenvalue weighted by molar-refractivity contribution is 0.139. The topological polar surface area (TPSA) is 105 Å². The van der Waals surface area contributed by atoms with Crippen LogP contribution in [0.15, 0.2) is 54.6 Å². The van der Waals surface area contributed by atoms with E-state index in [0.717, 1.165) is 116 Å². The molecule has 0 aliphatic rings. The Hall–Kier alpha value is -2.77. The van der Waals surface area contributed by atoms with Crippen LogP contribution in [0, 0.1) is 0 Å². The van der Waals surface area contributed by atoms with E-state index in [0.29, 0.717) is 19.8 Å². The predicted octanol–water partition coefficient (Wildman–Crippen LogP) is 4.44. The summed E-state index contributed by atoms with van der Waals surface area (Å²) in [5, 5.41) is 16.1. The highest BCUT2D eigenvalue weighted by molar-refractivity contribution is 5.67. The van der Waals surface area contributed by atoms with E-state index in [9.17, 15) is 4.79 Å². The van der Waals surface area contributed by atoms with E-state index >= 15 is 0 Å².